The van der Waals surface area contributed by atoms with Gasteiger partial charge >= 0.3 is 6.03 Å². The van der Waals surface area contributed by atoms with Gasteiger partial charge in [-0.25, -0.2) is 4.79 Å². The summed E-state index contributed by atoms with van der Waals surface area (Å²) < 4.78 is 0. The van der Waals surface area contributed by atoms with E-state index in [1.54, 1.807) is 0 Å². The Kier molecular flexibility index (Phi) is 7.56. The van der Waals surface area contributed by atoms with E-state index in [1.165, 1.54) is 12.8 Å². The molecule has 2 rings (SSSR count). The molecule has 0 radical (unpaired) electrons. The molecule has 1 fully saturated rings. The summed E-state index contributed by atoms with van der Waals surface area (Å²) in [7, 11) is 0. The third-order valence-corrected chi connectivity index (χ3v) is 4.90. The molecule has 0 spiro atoms. The van der Waals surface area contributed by atoms with E-state index in [2.05, 4.69) is 16.0 Å². The smallest absolute Gasteiger partial charge is 0.315 e. The normalized spacial score (nSPS) is 15.8. The number of hydrogen-bond donors (Lipinski definition) is 3. The highest BCUT2D eigenvalue weighted by Crippen LogP contribution is 2.27. The van der Waals surface area contributed by atoms with Crippen molar-refractivity contribution in [3.63, 3.8) is 0 Å². The van der Waals surface area contributed by atoms with E-state index >= 15 is 0 Å². The minimum absolute atomic E-state index is 0.00119. The number of amides is 3. The van der Waals surface area contributed by atoms with Crippen molar-refractivity contribution in [1.29, 1.82) is 0 Å². The van der Waals surface area contributed by atoms with Gasteiger partial charge < -0.3 is 16.0 Å². The molecular formula is C19H28ClN3O2. The molecule has 1 aliphatic carbocycles. The molecular weight excluding hydrogens is 338 g/mol. The lowest BCUT2D eigenvalue weighted by molar-refractivity contribution is -0.121. The van der Waals surface area contributed by atoms with Gasteiger partial charge in [-0.3, -0.25) is 4.79 Å². The minimum atomic E-state index is -0.285. The number of rotatable bonds is 7. The van der Waals surface area contributed by atoms with Crippen LogP contribution in [0.25, 0.3) is 0 Å². The van der Waals surface area contributed by atoms with Gasteiger partial charge in [0, 0.05) is 24.0 Å². The van der Waals surface area contributed by atoms with E-state index < -0.39 is 0 Å². The summed E-state index contributed by atoms with van der Waals surface area (Å²) in [6.07, 6.45) is 4.79. The fourth-order valence-electron chi connectivity index (χ4n) is 3.18. The molecule has 0 aromatic heterocycles. The van der Waals surface area contributed by atoms with Crippen molar-refractivity contribution in [2.24, 2.45) is 5.92 Å². The Balaban J connectivity index is 1.77. The molecule has 0 saturated heterocycles. The molecule has 1 saturated carbocycles. The van der Waals surface area contributed by atoms with E-state index in [0.717, 1.165) is 18.4 Å². The summed E-state index contributed by atoms with van der Waals surface area (Å²) in [4.78, 5) is 24.0. The molecule has 3 N–H and O–H groups in total. The van der Waals surface area contributed by atoms with E-state index in [-0.39, 0.29) is 23.9 Å². The van der Waals surface area contributed by atoms with Gasteiger partial charge in [0.25, 0.3) is 0 Å². The molecule has 6 heteroatoms. The Morgan fingerprint density at radius 1 is 1.20 bits per heavy atom. The average Bonchev–Trinajstić information content (AvgIpc) is 3.06. The maximum Gasteiger partial charge on any atom is 0.315 e. The third kappa shape index (κ3) is 6.24. The van der Waals surface area contributed by atoms with Gasteiger partial charge in [0.2, 0.25) is 5.91 Å². The highest BCUT2D eigenvalue weighted by Gasteiger charge is 2.21. The zero-order valence-electron chi connectivity index (χ0n) is 15.0. The molecule has 1 aliphatic rings. The minimum Gasteiger partial charge on any atom is -0.353 e. The van der Waals surface area contributed by atoms with Gasteiger partial charge in [0.15, 0.2) is 0 Å². The van der Waals surface area contributed by atoms with Crippen LogP contribution in [0.5, 0.6) is 0 Å². The van der Waals surface area contributed by atoms with Crippen molar-refractivity contribution in [2.75, 3.05) is 6.54 Å². The topological polar surface area (TPSA) is 70.2 Å². The first-order chi connectivity index (χ1) is 12.0. The van der Waals surface area contributed by atoms with E-state index in [9.17, 15) is 9.59 Å². The molecule has 0 bridgehead atoms. The maximum absolute atomic E-state index is 12.2. The summed E-state index contributed by atoms with van der Waals surface area (Å²) in [5.41, 5.74) is 0.897. The van der Waals surface area contributed by atoms with Crippen LogP contribution in [0.15, 0.2) is 24.3 Å². The number of nitrogens with one attached hydrogen (secondary N) is 3. The molecule has 0 aliphatic heterocycles. The largest absolute Gasteiger partial charge is 0.353 e. The standard InChI is InChI=1S/C19H28ClN3O2/c1-13(2)18(15-9-5-6-10-16(15)20)23-19(25)21-12-11-17(24)22-14-7-3-4-8-14/h5-6,9-10,13-14,18H,3-4,7-8,11-12H2,1-2H3,(H,22,24)(H2,21,23,25). The molecule has 1 unspecified atom stereocenters. The van der Waals surface area contributed by atoms with Crippen molar-refractivity contribution in [3.8, 4) is 0 Å². The van der Waals surface area contributed by atoms with Crippen molar-refractivity contribution < 1.29 is 9.59 Å². The highest BCUT2D eigenvalue weighted by molar-refractivity contribution is 6.31. The van der Waals surface area contributed by atoms with Crippen LogP contribution in [-0.2, 0) is 4.79 Å². The Hall–Kier alpha value is -1.75. The van der Waals surface area contributed by atoms with Crippen LogP contribution < -0.4 is 16.0 Å². The summed E-state index contributed by atoms with van der Waals surface area (Å²) >= 11 is 6.25. The number of halogens is 1. The number of carbonyl (C=O) groups is 2. The first kappa shape index (κ1) is 19.6. The predicted molar refractivity (Wildman–Crippen MR) is 101 cm³/mol. The van der Waals surface area contributed by atoms with Gasteiger partial charge in [-0.05, 0) is 30.4 Å². The Bertz CT molecular complexity index is 586. The van der Waals surface area contributed by atoms with E-state index in [0.29, 0.717) is 24.0 Å². The molecule has 5 nitrogen and oxygen atoms in total. The monoisotopic (exact) mass is 365 g/mol. The van der Waals surface area contributed by atoms with Crippen molar-refractivity contribution in [3.05, 3.63) is 34.9 Å². The number of urea groups is 1. The Morgan fingerprint density at radius 2 is 1.88 bits per heavy atom. The first-order valence-corrected chi connectivity index (χ1v) is 9.43. The van der Waals surface area contributed by atoms with Crippen molar-refractivity contribution in [1.82, 2.24) is 16.0 Å². The molecule has 1 atom stereocenters. The molecule has 138 valence electrons. The molecule has 3 amide bonds. The number of carbonyl (C=O) groups excluding carboxylic acids is 2. The summed E-state index contributed by atoms with van der Waals surface area (Å²) in [5.74, 6) is 0.190. The zero-order valence-corrected chi connectivity index (χ0v) is 15.7. The molecule has 0 heterocycles. The third-order valence-electron chi connectivity index (χ3n) is 4.55. The van der Waals surface area contributed by atoms with Gasteiger partial charge in [0.1, 0.15) is 0 Å². The van der Waals surface area contributed by atoms with Crippen molar-refractivity contribution >= 4 is 23.5 Å². The second-order valence-electron chi connectivity index (χ2n) is 6.94. The molecule has 25 heavy (non-hydrogen) atoms. The van der Waals surface area contributed by atoms with Gasteiger partial charge in [-0.2, -0.15) is 0 Å². The SMILES string of the molecule is CC(C)C(NC(=O)NCCC(=O)NC1CCCC1)c1ccccc1Cl. The summed E-state index contributed by atoms with van der Waals surface area (Å²) in [5, 5.41) is 9.37. The van der Waals surface area contributed by atoms with Crippen LogP contribution in [0.4, 0.5) is 4.79 Å². The Morgan fingerprint density at radius 3 is 2.52 bits per heavy atom. The van der Waals surface area contributed by atoms with E-state index in [4.69, 9.17) is 11.6 Å². The van der Waals surface area contributed by atoms with Crippen molar-refractivity contribution in [2.45, 2.75) is 58.0 Å². The molecule has 1 aromatic rings. The predicted octanol–water partition coefficient (Wildman–Crippen LogP) is 3.79. The number of hydrogen-bond acceptors (Lipinski definition) is 2. The lowest BCUT2D eigenvalue weighted by Gasteiger charge is -2.24. The fraction of sp³-hybridized carbons (Fsp3) is 0.579. The second kappa shape index (κ2) is 9.66. The molecule has 1 aromatic carbocycles. The fourth-order valence-corrected chi connectivity index (χ4v) is 3.44. The van der Waals surface area contributed by atoms with Crippen LogP contribution in [0.3, 0.4) is 0 Å². The van der Waals surface area contributed by atoms with Crippen LogP contribution in [-0.4, -0.2) is 24.5 Å². The van der Waals surface area contributed by atoms with Crippen LogP contribution in [0.2, 0.25) is 5.02 Å². The first-order valence-electron chi connectivity index (χ1n) is 9.05. The van der Waals surface area contributed by atoms with Gasteiger partial charge in [0.05, 0.1) is 6.04 Å². The van der Waals surface area contributed by atoms with Crippen LogP contribution in [0, 0.1) is 5.92 Å². The second-order valence-corrected chi connectivity index (χ2v) is 7.35. The summed E-state index contributed by atoms with van der Waals surface area (Å²) in [6.45, 7) is 4.38. The highest BCUT2D eigenvalue weighted by atomic mass is 35.5. The maximum atomic E-state index is 12.2. The van der Waals surface area contributed by atoms with Crippen LogP contribution >= 0.6 is 11.6 Å². The lowest BCUT2D eigenvalue weighted by Crippen LogP contribution is -2.41. The van der Waals surface area contributed by atoms with Crippen LogP contribution in [0.1, 0.15) is 57.6 Å². The summed E-state index contributed by atoms with van der Waals surface area (Å²) in [6, 6.07) is 7.36. The Labute approximate surface area is 154 Å². The number of benzene rings is 1. The van der Waals surface area contributed by atoms with Gasteiger partial charge in [-0.15, -0.1) is 0 Å². The average molecular weight is 366 g/mol. The lowest BCUT2D eigenvalue weighted by atomic mass is 9.96. The quantitative estimate of drug-likeness (QED) is 0.688. The van der Waals surface area contributed by atoms with Gasteiger partial charge in [-0.1, -0.05) is 56.5 Å². The van der Waals surface area contributed by atoms with E-state index in [1.807, 2.05) is 38.1 Å². The zero-order chi connectivity index (χ0) is 18.2.